The molecule has 17 heteroatoms. The fourth-order valence-electron chi connectivity index (χ4n) is 7.60. The maximum Gasteiger partial charge on any atom is 0.329 e. The van der Waals surface area contributed by atoms with Gasteiger partial charge in [-0.3, -0.25) is 38.2 Å². The fourth-order valence-corrected chi connectivity index (χ4v) is 7.60. The Morgan fingerprint density at radius 1 is 0.948 bits per heavy atom. The van der Waals surface area contributed by atoms with Crippen LogP contribution < -0.4 is 32.5 Å². The topological polar surface area (TPSA) is 191 Å². The lowest BCUT2D eigenvalue weighted by molar-refractivity contribution is -0.135. The average molecular weight is 790 g/mol. The van der Waals surface area contributed by atoms with E-state index in [0.29, 0.717) is 41.5 Å². The Hall–Kier alpha value is -6.65. The number of amides is 3. The number of benzene rings is 1. The number of anilines is 3. The zero-order valence-corrected chi connectivity index (χ0v) is 32.0. The van der Waals surface area contributed by atoms with Crippen molar-refractivity contribution in [2.45, 2.75) is 82.5 Å². The van der Waals surface area contributed by atoms with Crippen LogP contribution in [-0.4, -0.2) is 69.8 Å². The molecule has 300 valence electrons. The number of alkyl halides is 1. The minimum absolute atomic E-state index is 0.144. The van der Waals surface area contributed by atoms with Crippen molar-refractivity contribution in [2.75, 3.05) is 17.2 Å². The molecular formula is C41H44FN11O5. The number of halogens is 1. The van der Waals surface area contributed by atoms with Crippen molar-refractivity contribution in [3.05, 3.63) is 105 Å². The highest BCUT2D eigenvalue weighted by Gasteiger charge is 2.39. The van der Waals surface area contributed by atoms with Crippen LogP contribution in [0.4, 0.5) is 21.6 Å². The van der Waals surface area contributed by atoms with Crippen molar-refractivity contribution in [2.24, 2.45) is 7.05 Å². The number of piperidine rings is 1. The van der Waals surface area contributed by atoms with E-state index in [2.05, 4.69) is 36.3 Å². The third-order valence-corrected chi connectivity index (χ3v) is 10.7. The number of para-hydroxylation sites is 1. The fraction of sp³-hybridized carbons (Fsp3) is 0.366. The molecular weight excluding hydrogens is 746 g/mol. The van der Waals surface area contributed by atoms with Gasteiger partial charge in [-0.15, -0.1) is 5.10 Å². The molecule has 2 aliphatic rings. The minimum atomic E-state index is -1.07. The van der Waals surface area contributed by atoms with E-state index >= 15 is 0 Å². The summed E-state index contributed by atoms with van der Waals surface area (Å²) in [4.78, 5) is 72.8. The summed E-state index contributed by atoms with van der Waals surface area (Å²) in [5, 5.41) is 16.2. The van der Waals surface area contributed by atoms with Crippen LogP contribution in [0.1, 0.15) is 79.9 Å². The second-order valence-corrected chi connectivity index (χ2v) is 14.8. The predicted molar refractivity (Wildman–Crippen MR) is 215 cm³/mol. The number of nitrogens with one attached hydrogen (secondary N) is 4. The molecule has 5 aromatic heterocycles. The summed E-state index contributed by atoms with van der Waals surface area (Å²) in [6, 6.07) is 15.0. The number of rotatable bonds is 16. The van der Waals surface area contributed by atoms with Gasteiger partial charge in [0.05, 0.1) is 29.0 Å². The summed E-state index contributed by atoms with van der Waals surface area (Å²) < 4.78 is 19.6. The summed E-state index contributed by atoms with van der Waals surface area (Å²) in [6.45, 7) is 0.622. The molecule has 1 aliphatic carbocycles. The number of carbonyl (C=O) groups excluding carboxylic acids is 3. The van der Waals surface area contributed by atoms with E-state index in [0.717, 1.165) is 56.0 Å². The monoisotopic (exact) mass is 789 g/mol. The summed E-state index contributed by atoms with van der Waals surface area (Å²) in [7, 11) is 1.72. The van der Waals surface area contributed by atoms with Gasteiger partial charge in [0.15, 0.2) is 17.2 Å². The summed E-state index contributed by atoms with van der Waals surface area (Å²) in [5.41, 5.74) is 3.39. The van der Waals surface area contributed by atoms with Crippen LogP contribution in [0, 0.1) is 0 Å². The molecule has 6 heterocycles. The van der Waals surface area contributed by atoms with Crippen molar-refractivity contribution in [3.63, 3.8) is 0 Å². The molecule has 2 fully saturated rings. The number of imide groups is 1. The van der Waals surface area contributed by atoms with Crippen molar-refractivity contribution in [3.8, 4) is 5.82 Å². The van der Waals surface area contributed by atoms with Gasteiger partial charge in [-0.05, 0) is 61.6 Å². The number of carbonyl (C=O) groups is 3. The molecule has 3 atom stereocenters. The molecule has 0 spiro atoms. The van der Waals surface area contributed by atoms with Crippen molar-refractivity contribution in [1.29, 1.82) is 0 Å². The van der Waals surface area contributed by atoms with Crippen LogP contribution >= 0.6 is 0 Å². The Kier molecular flexibility index (Phi) is 10.8. The van der Waals surface area contributed by atoms with Crippen LogP contribution in [0.2, 0.25) is 0 Å². The second kappa shape index (κ2) is 16.4. The SMILES string of the molecule is Cn1c(=O)n(C2CCC(=O)NC2=O)c2cccc(CCCCCCCCNc3cc(Nc4cccn(-c5ccccn5)c4=O)nn4c(C(=O)N[C@@H]5C[C@@H]5F)cnc34)c21. The molecule has 6 aromatic rings. The Balaban J connectivity index is 0.882. The molecule has 16 nitrogen and oxygen atoms in total. The number of pyridine rings is 2. The van der Waals surface area contributed by atoms with E-state index in [1.165, 1.54) is 19.8 Å². The van der Waals surface area contributed by atoms with Gasteiger partial charge in [-0.1, -0.05) is 43.9 Å². The van der Waals surface area contributed by atoms with Crippen LogP contribution in [0.3, 0.4) is 0 Å². The molecule has 8 rings (SSSR count). The molecule has 1 saturated carbocycles. The van der Waals surface area contributed by atoms with Gasteiger partial charge in [0, 0.05) is 44.9 Å². The van der Waals surface area contributed by atoms with Gasteiger partial charge < -0.3 is 16.0 Å². The number of imidazole rings is 2. The van der Waals surface area contributed by atoms with E-state index in [4.69, 9.17) is 0 Å². The van der Waals surface area contributed by atoms with Crippen LogP contribution in [-0.2, 0) is 23.1 Å². The van der Waals surface area contributed by atoms with Crippen LogP contribution in [0.15, 0.2) is 82.8 Å². The molecule has 1 aliphatic heterocycles. The third kappa shape index (κ3) is 7.83. The quantitative estimate of drug-likeness (QED) is 0.0803. The van der Waals surface area contributed by atoms with Gasteiger partial charge in [-0.2, -0.15) is 0 Å². The zero-order chi connectivity index (χ0) is 40.3. The minimum Gasteiger partial charge on any atom is -0.382 e. The van der Waals surface area contributed by atoms with E-state index in [1.807, 2.05) is 18.2 Å². The Bertz CT molecular complexity index is 2630. The first-order valence-electron chi connectivity index (χ1n) is 19.7. The average Bonchev–Trinajstić information content (AvgIpc) is 3.62. The van der Waals surface area contributed by atoms with E-state index in [9.17, 15) is 28.4 Å². The standard InChI is InChI=1S/C41H44FN11O5/c1-50-36-25(13-10-15-30(36)52(41(50)58)31-17-18-35(54)48-38(31)55)12-6-4-2-3-5-8-19-43-29-23-33(46-27-14-11-21-51(40(27)57)34-16-7-9-20-44-34)49-53-32(24-45-37(29)53)39(56)47-28-22-26(28)42/h7,9-11,13-16,20-21,23-24,26,28,31,43H,2-6,8,12,17-19,22H2,1H3,(H,46,49)(H,47,56)(H,48,54,55)/t26-,28+,31?/m0/s1. The predicted octanol–water partition coefficient (Wildman–Crippen LogP) is 4.49. The molecule has 58 heavy (non-hydrogen) atoms. The first kappa shape index (κ1) is 38.2. The number of hydrogen-bond acceptors (Lipinski definition) is 10. The third-order valence-electron chi connectivity index (χ3n) is 10.7. The number of aryl methyl sites for hydroxylation is 2. The van der Waals surface area contributed by atoms with Crippen molar-refractivity contribution in [1.82, 2.24) is 43.9 Å². The zero-order valence-electron chi connectivity index (χ0n) is 32.0. The van der Waals surface area contributed by atoms with Gasteiger partial charge >= 0.3 is 5.69 Å². The number of unbranched alkanes of at least 4 members (excludes halogenated alkanes) is 5. The number of hydrogen-bond donors (Lipinski definition) is 4. The van der Waals surface area contributed by atoms with Crippen molar-refractivity contribution < 1.29 is 18.8 Å². The van der Waals surface area contributed by atoms with Gasteiger partial charge in [0.1, 0.15) is 23.7 Å². The van der Waals surface area contributed by atoms with E-state index in [1.54, 1.807) is 60.4 Å². The lowest BCUT2D eigenvalue weighted by Gasteiger charge is -2.21. The van der Waals surface area contributed by atoms with Crippen LogP contribution in [0.5, 0.6) is 0 Å². The van der Waals surface area contributed by atoms with Crippen molar-refractivity contribution >= 4 is 51.6 Å². The normalized spacial score (nSPS) is 17.7. The highest BCUT2D eigenvalue weighted by Crippen LogP contribution is 2.28. The number of fused-ring (bicyclic) bond motifs is 2. The van der Waals surface area contributed by atoms with Gasteiger partial charge in [-0.25, -0.2) is 23.7 Å². The summed E-state index contributed by atoms with van der Waals surface area (Å²) in [5.74, 6) is -0.482. The molecule has 1 saturated heterocycles. The lowest BCUT2D eigenvalue weighted by atomic mass is 10.0. The smallest absolute Gasteiger partial charge is 0.329 e. The molecule has 0 radical (unpaired) electrons. The Morgan fingerprint density at radius 2 is 1.76 bits per heavy atom. The number of aromatic nitrogens is 7. The largest absolute Gasteiger partial charge is 0.382 e. The number of nitrogens with zero attached hydrogens (tertiary/aromatic N) is 7. The first-order chi connectivity index (χ1) is 28.2. The highest BCUT2D eigenvalue weighted by atomic mass is 19.1. The molecule has 0 bridgehead atoms. The van der Waals surface area contributed by atoms with E-state index < -0.39 is 30.1 Å². The maximum absolute atomic E-state index is 13.6. The molecule has 1 aromatic carbocycles. The van der Waals surface area contributed by atoms with E-state index in [-0.39, 0.29) is 41.4 Å². The van der Waals surface area contributed by atoms with Gasteiger partial charge in [0.25, 0.3) is 11.5 Å². The van der Waals surface area contributed by atoms with Gasteiger partial charge in [0.2, 0.25) is 11.8 Å². The van der Waals surface area contributed by atoms with Crippen LogP contribution in [0.25, 0.3) is 22.5 Å². The maximum atomic E-state index is 13.6. The summed E-state index contributed by atoms with van der Waals surface area (Å²) >= 11 is 0. The first-order valence-corrected chi connectivity index (χ1v) is 19.7. The highest BCUT2D eigenvalue weighted by molar-refractivity contribution is 6.00. The Labute approximate surface area is 331 Å². The Morgan fingerprint density at radius 3 is 2.53 bits per heavy atom. The molecule has 4 N–H and O–H groups in total. The molecule has 3 amide bonds. The lowest BCUT2D eigenvalue weighted by Crippen LogP contribution is -2.44. The second-order valence-electron chi connectivity index (χ2n) is 14.8. The molecule has 1 unspecified atom stereocenters. The summed E-state index contributed by atoms with van der Waals surface area (Å²) in [6.07, 6.45) is 11.0.